The van der Waals surface area contributed by atoms with Crippen LogP contribution in [-0.2, 0) is 6.42 Å². The molecule has 0 atom stereocenters. The van der Waals surface area contributed by atoms with E-state index in [2.05, 4.69) is 27.3 Å². The Kier molecular flexibility index (Phi) is 4.52. The largest absolute Gasteiger partial charge is 0.298 e. The SMILES string of the molecule is Cc1nnc(SCCCc2ccccc2)[nH]c1=O. The molecule has 1 heterocycles. The van der Waals surface area contributed by atoms with Crippen molar-refractivity contribution >= 4 is 11.8 Å². The van der Waals surface area contributed by atoms with Crippen LogP contribution < -0.4 is 5.56 Å². The second kappa shape index (κ2) is 6.35. The number of aryl methyl sites for hydroxylation is 2. The lowest BCUT2D eigenvalue weighted by atomic mass is 10.1. The molecule has 0 fully saturated rings. The quantitative estimate of drug-likeness (QED) is 0.662. The van der Waals surface area contributed by atoms with Crippen molar-refractivity contribution in [1.29, 1.82) is 0 Å². The summed E-state index contributed by atoms with van der Waals surface area (Å²) in [6, 6.07) is 10.4. The molecular formula is C13H15N3OS. The van der Waals surface area contributed by atoms with E-state index in [9.17, 15) is 4.79 Å². The molecule has 1 aromatic heterocycles. The maximum atomic E-state index is 11.3. The normalized spacial score (nSPS) is 10.5. The Morgan fingerprint density at radius 1 is 1.22 bits per heavy atom. The lowest BCUT2D eigenvalue weighted by Gasteiger charge is -2.01. The molecule has 0 aliphatic carbocycles. The van der Waals surface area contributed by atoms with Crippen molar-refractivity contribution in [2.75, 3.05) is 5.75 Å². The molecule has 0 amide bonds. The number of nitrogens with one attached hydrogen (secondary N) is 1. The lowest BCUT2D eigenvalue weighted by Crippen LogP contribution is -2.14. The fraction of sp³-hybridized carbons (Fsp3) is 0.308. The van der Waals surface area contributed by atoms with Gasteiger partial charge < -0.3 is 0 Å². The van der Waals surface area contributed by atoms with Gasteiger partial charge in [0.2, 0.25) is 0 Å². The van der Waals surface area contributed by atoms with Crippen LogP contribution in [0.25, 0.3) is 0 Å². The van der Waals surface area contributed by atoms with Crippen molar-refractivity contribution in [2.24, 2.45) is 0 Å². The van der Waals surface area contributed by atoms with Gasteiger partial charge in [-0.25, -0.2) is 0 Å². The Morgan fingerprint density at radius 3 is 2.72 bits per heavy atom. The first-order valence-corrected chi connectivity index (χ1v) is 6.84. The van der Waals surface area contributed by atoms with Gasteiger partial charge in [0.25, 0.3) is 5.56 Å². The summed E-state index contributed by atoms with van der Waals surface area (Å²) < 4.78 is 0. The second-order valence-electron chi connectivity index (χ2n) is 3.98. The maximum Gasteiger partial charge on any atom is 0.273 e. The predicted octanol–water partition coefficient (Wildman–Crippen LogP) is 2.20. The molecule has 5 heteroatoms. The van der Waals surface area contributed by atoms with Crippen LogP contribution in [0.2, 0.25) is 0 Å². The highest BCUT2D eigenvalue weighted by molar-refractivity contribution is 7.99. The Labute approximate surface area is 110 Å². The Bertz CT molecular complexity index is 554. The van der Waals surface area contributed by atoms with E-state index < -0.39 is 0 Å². The first-order chi connectivity index (χ1) is 8.75. The van der Waals surface area contributed by atoms with E-state index in [1.165, 1.54) is 17.3 Å². The van der Waals surface area contributed by atoms with Crippen LogP contribution in [-0.4, -0.2) is 20.9 Å². The Hall–Kier alpha value is -1.62. The number of benzene rings is 1. The van der Waals surface area contributed by atoms with Crippen LogP contribution in [0.1, 0.15) is 17.7 Å². The van der Waals surface area contributed by atoms with Gasteiger partial charge in [-0.1, -0.05) is 42.1 Å². The van der Waals surface area contributed by atoms with Gasteiger partial charge in [0.05, 0.1) is 0 Å². The summed E-state index contributed by atoms with van der Waals surface area (Å²) in [4.78, 5) is 14.0. The highest BCUT2D eigenvalue weighted by atomic mass is 32.2. The van der Waals surface area contributed by atoms with E-state index in [1.54, 1.807) is 6.92 Å². The van der Waals surface area contributed by atoms with Crippen molar-refractivity contribution in [3.05, 3.63) is 51.9 Å². The first-order valence-electron chi connectivity index (χ1n) is 5.86. The van der Waals surface area contributed by atoms with Gasteiger partial charge in [-0.15, -0.1) is 10.2 Å². The zero-order valence-electron chi connectivity index (χ0n) is 10.2. The van der Waals surface area contributed by atoms with Crippen molar-refractivity contribution in [3.63, 3.8) is 0 Å². The molecule has 0 radical (unpaired) electrons. The van der Waals surface area contributed by atoms with E-state index in [0.29, 0.717) is 10.9 Å². The number of rotatable bonds is 5. The van der Waals surface area contributed by atoms with Crippen LogP contribution in [0.3, 0.4) is 0 Å². The van der Waals surface area contributed by atoms with E-state index in [0.717, 1.165) is 18.6 Å². The summed E-state index contributed by atoms with van der Waals surface area (Å²) >= 11 is 1.53. The summed E-state index contributed by atoms with van der Waals surface area (Å²) in [5, 5.41) is 8.34. The molecule has 1 aromatic carbocycles. The summed E-state index contributed by atoms with van der Waals surface area (Å²) in [7, 11) is 0. The number of nitrogens with zero attached hydrogens (tertiary/aromatic N) is 2. The standard InChI is InChI=1S/C13H15N3OS/c1-10-12(17)14-13(16-15-10)18-9-5-8-11-6-3-2-4-7-11/h2-4,6-7H,5,8-9H2,1H3,(H,14,16,17). The minimum atomic E-state index is -0.157. The van der Waals surface area contributed by atoms with E-state index in [-0.39, 0.29) is 5.56 Å². The molecule has 0 bridgehead atoms. The third-order valence-electron chi connectivity index (χ3n) is 2.53. The molecule has 0 saturated heterocycles. The smallest absolute Gasteiger partial charge is 0.273 e. The fourth-order valence-corrected chi connectivity index (χ4v) is 2.28. The average Bonchev–Trinajstić information content (AvgIpc) is 2.40. The third kappa shape index (κ3) is 3.70. The third-order valence-corrected chi connectivity index (χ3v) is 3.48. The van der Waals surface area contributed by atoms with Crippen LogP contribution in [0.15, 0.2) is 40.3 Å². The molecule has 94 valence electrons. The predicted molar refractivity (Wildman–Crippen MR) is 72.9 cm³/mol. The Morgan fingerprint density at radius 2 is 2.00 bits per heavy atom. The molecule has 4 nitrogen and oxygen atoms in total. The van der Waals surface area contributed by atoms with Crippen LogP contribution >= 0.6 is 11.8 Å². The molecule has 0 spiro atoms. The molecule has 0 aliphatic rings. The molecule has 0 saturated carbocycles. The summed E-state index contributed by atoms with van der Waals surface area (Å²) in [5.41, 5.74) is 1.58. The van der Waals surface area contributed by atoms with Gasteiger partial charge in [-0.3, -0.25) is 9.78 Å². The van der Waals surface area contributed by atoms with Gasteiger partial charge in [0, 0.05) is 5.75 Å². The lowest BCUT2D eigenvalue weighted by molar-refractivity contribution is 0.788. The molecule has 18 heavy (non-hydrogen) atoms. The van der Waals surface area contributed by atoms with Gasteiger partial charge >= 0.3 is 0 Å². The molecular weight excluding hydrogens is 246 g/mol. The zero-order valence-corrected chi connectivity index (χ0v) is 11.0. The van der Waals surface area contributed by atoms with Crippen molar-refractivity contribution in [2.45, 2.75) is 24.9 Å². The fourth-order valence-electron chi connectivity index (χ4n) is 1.53. The number of aromatic amines is 1. The van der Waals surface area contributed by atoms with Gasteiger partial charge in [-0.2, -0.15) is 0 Å². The highest BCUT2D eigenvalue weighted by Gasteiger charge is 2.00. The molecule has 0 aliphatic heterocycles. The van der Waals surface area contributed by atoms with Gasteiger partial charge in [-0.05, 0) is 25.3 Å². The highest BCUT2D eigenvalue weighted by Crippen LogP contribution is 2.13. The Balaban J connectivity index is 1.79. The minimum absolute atomic E-state index is 0.157. The summed E-state index contributed by atoms with van der Waals surface area (Å²) in [6.07, 6.45) is 2.09. The van der Waals surface area contributed by atoms with Crippen molar-refractivity contribution in [3.8, 4) is 0 Å². The topological polar surface area (TPSA) is 58.6 Å². The number of aromatic nitrogens is 3. The number of hydrogen-bond acceptors (Lipinski definition) is 4. The molecule has 1 N–H and O–H groups in total. The molecule has 2 rings (SSSR count). The van der Waals surface area contributed by atoms with Crippen LogP contribution in [0.4, 0.5) is 0 Å². The number of H-pyrrole nitrogens is 1. The van der Waals surface area contributed by atoms with Crippen LogP contribution in [0, 0.1) is 6.92 Å². The minimum Gasteiger partial charge on any atom is -0.298 e. The van der Waals surface area contributed by atoms with E-state index in [1.807, 2.05) is 18.2 Å². The second-order valence-corrected chi connectivity index (χ2v) is 5.07. The monoisotopic (exact) mass is 261 g/mol. The number of thioether (sulfide) groups is 1. The number of hydrogen-bond donors (Lipinski definition) is 1. The van der Waals surface area contributed by atoms with Crippen molar-refractivity contribution < 1.29 is 0 Å². The maximum absolute atomic E-state index is 11.3. The van der Waals surface area contributed by atoms with Gasteiger partial charge in [0.1, 0.15) is 5.69 Å². The zero-order chi connectivity index (χ0) is 12.8. The van der Waals surface area contributed by atoms with Gasteiger partial charge in [0.15, 0.2) is 5.16 Å². The van der Waals surface area contributed by atoms with Crippen LogP contribution in [0.5, 0.6) is 0 Å². The average molecular weight is 261 g/mol. The molecule has 2 aromatic rings. The van der Waals surface area contributed by atoms with E-state index in [4.69, 9.17) is 0 Å². The van der Waals surface area contributed by atoms with E-state index >= 15 is 0 Å². The summed E-state index contributed by atoms with van der Waals surface area (Å²) in [5.74, 6) is 0.919. The van der Waals surface area contributed by atoms with Crippen molar-refractivity contribution in [1.82, 2.24) is 15.2 Å². The first kappa shape index (κ1) is 12.8. The summed E-state index contributed by atoms with van der Waals surface area (Å²) in [6.45, 7) is 1.65. The molecule has 0 unspecified atom stereocenters.